The van der Waals surface area contributed by atoms with E-state index < -0.39 is 12.0 Å². The van der Waals surface area contributed by atoms with Gasteiger partial charge < -0.3 is 25.2 Å². The van der Waals surface area contributed by atoms with Crippen LogP contribution >= 0.6 is 0 Å². The quantitative estimate of drug-likeness (QED) is 0.0754. The maximum Gasteiger partial charge on any atom is 0.305 e. The van der Waals surface area contributed by atoms with E-state index in [2.05, 4.69) is 23.8 Å². The van der Waals surface area contributed by atoms with E-state index in [1.165, 1.54) is 19.3 Å². The second-order valence-corrected chi connectivity index (χ2v) is 12.7. The Balaban J connectivity index is 1.52. The van der Waals surface area contributed by atoms with Gasteiger partial charge >= 0.3 is 5.97 Å². The molecule has 0 heterocycles. The minimum Gasteiger partial charge on any atom is -0.489 e. The van der Waals surface area contributed by atoms with Crippen LogP contribution in [0, 0.1) is 11.8 Å². The molecule has 256 valence electrons. The Hall–Kier alpha value is -3.91. The molecule has 0 aromatic heterocycles. The molecule has 3 rings (SSSR count). The molecule has 3 N–H and O–H groups in total. The van der Waals surface area contributed by atoms with E-state index in [1.807, 2.05) is 60.7 Å². The molecule has 2 amide bonds. The van der Waals surface area contributed by atoms with E-state index in [-0.39, 0.29) is 43.5 Å². The second-order valence-electron chi connectivity index (χ2n) is 12.7. The predicted molar refractivity (Wildman–Crippen MR) is 186 cm³/mol. The molecule has 1 aliphatic carbocycles. The molecule has 1 fully saturated rings. The van der Waals surface area contributed by atoms with E-state index in [0.29, 0.717) is 31.8 Å². The number of benzene rings is 2. The van der Waals surface area contributed by atoms with Crippen LogP contribution in [0.3, 0.4) is 0 Å². The van der Waals surface area contributed by atoms with Gasteiger partial charge in [-0.25, -0.2) is 0 Å². The molecule has 1 aliphatic rings. The minimum absolute atomic E-state index is 0.0418. The van der Waals surface area contributed by atoms with Gasteiger partial charge in [0.15, 0.2) is 0 Å². The van der Waals surface area contributed by atoms with Crippen molar-refractivity contribution >= 4 is 17.8 Å². The number of nitrogens with one attached hydrogen (secondary N) is 2. The summed E-state index contributed by atoms with van der Waals surface area (Å²) in [6.07, 6.45) is 13.6. The van der Waals surface area contributed by atoms with Gasteiger partial charge in [0, 0.05) is 12.8 Å². The normalized spacial score (nSPS) is 15.1. The highest BCUT2D eigenvalue weighted by molar-refractivity contribution is 5.86. The van der Waals surface area contributed by atoms with Crippen LogP contribution in [0.4, 0.5) is 0 Å². The molecule has 0 unspecified atom stereocenters. The molecule has 0 saturated heterocycles. The summed E-state index contributed by atoms with van der Waals surface area (Å²) >= 11 is 0. The van der Waals surface area contributed by atoms with Crippen molar-refractivity contribution in [3.05, 3.63) is 91.0 Å². The minimum atomic E-state index is -0.628. The Morgan fingerprint density at radius 3 is 2.32 bits per heavy atom. The highest BCUT2D eigenvalue weighted by Crippen LogP contribution is 2.28. The van der Waals surface area contributed by atoms with Crippen LogP contribution in [0.25, 0.3) is 0 Å². The zero-order valence-electron chi connectivity index (χ0n) is 27.9. The topological polar surface area (TPSA) is 114 Å². The fourth-order valence-corrected chi connectivity index (χ4v) is 6.04. The average Bonchev–Trinajstić information content (AvgIpc) is 3.09. The van der Waals surface area contributed by atoms with Crippen LogP contribution < -0.4 is 15.4 Å². The van der Waals surface area contributed by atoms with Crippen molar-refractivity contribution in [2.45, 2.75) is 102 Å². The fraction of sp³-hybridized carbons (Fsp3) is 0.513. The third kappa shape index (κ3) is 15.0. The highest BCUT2D eigenvalue weighted by atomic mass is 16.5. The third-order valence-corrected chi connectivity index (χ3v) is 8.67. The van der Waals surface area contributed by atoms with Gasteiger partial charge in [0.05, 0.1) is 24.6 Å². The van der Waals surface area contributed by atoms with E-state index in [9.17, 15) is 19.5 Å². The van der Waals surface area contributed by atoms with E-state index in [4.69, 9.17) is 9.47 Å². The lowest BCUT2D eigenvalue weighted by Crippen LogP contribution is -2.45. The number of aliphatic hydroxyl groups is 1. The number of allylic oxidation sites excluding steroid dienone is 2. The summed E-state index contributed by atoms with van der Waals surface area (Å²) in [5.41, 5.74) is 2.02. The van der Waals surface area contributed by atoms with Crippen molar-refractivity contribution in [1.29, 1.82) is 0 Å². The lowest BCUT2D eigenvalue weighted by molar-refractivity contribution is -0.145. The predicted octanol–water partition coefficient (Wildman–Crippen LogP) is 6.61. The van der Waals surface area contributed by atoms with Gasteiger partial charge in [0.1, 0.15) is 19.0 Å². The Kier molecular flexibility index (Phi) is 17.4. The Bertz CT molecular complexity index is 1230. The van der Waals surface area contributed by atoms with Crippen LogP contribution in [-0.2, 0) is 32.1 Å². The maximum absolute atomic E-state index is 13.5. The standard InChI is InChI=1S/C39H54N2O6/c1-3-5-6-13-19-38(44)47-29-35(25-30-15-9-7-10-16-30)41-39(45)33(14-4-2)26-37(43)40-34(27-42)24-31-20-22-36(23-21-31)46-28-32-17-11-8-12-18-32/h3-4,8,11-12,17-18,20-23,30,33-35,42H,1-2,5-7,9-10,13-16,19,24-29H2,(H,40,43)(H,41,45)/t33-,34-,35-/m0/s1. The number of aliphatic hydroxyl groups excluding tert-OH is 1. The van der Waals surface area contributed by atoms with E-state index >= 15 is 0 Å². The summed E-state index contributed by atoms with van der Waals surface area (Å²) in [5, 5.41) is 16.0. The number of hydrogen-bond acceptors (Lipinski definition) is 6. The molecule has 8 heteroatoms. The smallest absolute Gasteiger partial charge is 0.305 e. The molecule has 1 saturated carbocycles. The van der Waals surface area contributed by atoms with Gasteiger partial charge in [-0.2, -0.15) is 0 Å². The van der Waals surface area contributed by atoms with Gasteiger partial charge in [-0.15, -0.1) is 13.2 Å². The number of amides is 2. The van der Waals surface area contributed by atoms with Crippen molar-refractivity contribution in [2.75, 3.05) is 13.2 Å². The van der Waals surface area contributed by atoms with Crippen molar-refractivity contribution in [1.82, 2.24) is 10.6 Å². The summed E-state index contributed by atoms with van der Waals surface area (Å²) < 4.78 is 11.5. The molecule has 0 bridgehead atoms. The Labute approximate surface area is 281 Å². The number of unbranched alkanes of at least 4 members (excludes halogenated alkanes) is 2. The van der Waals surface area contributed by atoms with Gasteiger partial charge in [-0.3, -0.25) is 14.4 Å². The number of carbonyl (C=O) groups excluding carboxylic acids is 3. The van der Waals surface area contributed by atoms with E-state index in [0.717, 1.165) is 55.4 Å². The number of carbonyl (C=O) groups is 3. The average molecular weight is 647 g/mol. The molecule has 47 heavy (non-hydrogen) atoms. The zero-order chi connectivity index (χ0) is 33.7. The van der Waals surface area contributed by atoms with Crippen LogP contribution in [0.15, 0.2) is 79.9 Å². The summed E-state index contributed by atoms with van der Waals surface area (Å²) in [4.78, 5) is 39.0. The lowest BCUT2D eigenvalue weighted by Gasteiger charge is -2.28. The fourth-order valence-electron chi connectivity index (χ4n) is 6.04. The molecular weight excluding hydrogens is 592 g/mol. The van der Waals surface area contributed by atoms with Crippen molar-refractivity contribution in [3.8, 4) is 5.75 Å². The van der Waals surface area contributed by atoms with Crippen molar-refractivity contribution in [2.24, 2.45) is 11.8 Å². The molecule has 0 aliphatic heterocycles. The molecule has 8 nitrogen and oxygen atoms in total. The van der Waals surface area contributed by atoms with Gasteiger partial charge in [-0.05, 0) is 67.7 Å². The summed E-state index contributed by atoms with van der Waals surface area (Å²) in [6, 6.07) is 16.7. The number of esters is 1. The number of ether oxygens (including phenoxy) is 2. The number of rotatable bonds is 22. The first-order valence-electron chi connectivity index (χ1n) is 17.2. The summed E-state index contributed by atoms with van der Waals surface area (Å²) in [7, 11) is 0. The number of hydrogen-bond donors (Lipinski definition) is 3. The molecule has 0 spiro atoms. The lowest BCUT2D eigenvalue weighted by atomic mass is 9.84. The SMILES string of the molecule is C=CCCCCC(=O)OC[C@H](CC1CCCCC1)NC(=O)[C@@H](CC=C)CC(=O)N[C@H](CO)Cc1ccc(OCc2ccccc2)cc1. The first-order valence-corrected chi connectivity index (χ1v) is 17.2. The van der Waals surface area contributed by atoms with Gasteiger partial charge in [0.2, 0.25) is 11.8 Å². The summed E-state index contributed by atoms with van der Waals surface area (Å²) in [5.74, 6) is -0.255. The molecule has 0 radical (unpaired) electrons. The van der Waals surface area contributed by atoms with E-state index in [1.54, 1.807) is 6.08 Å². The molecule has 2 aromatic rings. The Morgan fingerprint density at radius 2 is 1.64 bits per heavy atom. The zero-order valence-corrected chi connectivity index (χ0v) is 27.9. The molecule has 2 aromatic carbocycles. The third-order valence-electron chi connectivity index (χ3n) is 8.67. The maximum atomic E-state index is 13.5. The van der Waals surface area contributed by atoms with Gasteiger partial charge in [0.25, 0.3) is 0 Å². The van der Waals surface area contributed by atoms with Crippen LogP contribution in [0.5, 0.6) is 5.75 Å². The van der Waals surface area contributed by atoms with Crippen LogP contribution in [0.1, 0.15) is 88.2 Å². The second kappa shape index (κ2) is 21.8. The Morgan fingerprint density at radius 1 is 0.894 bits per heavy atom. The van der Waals surface area contributed by atoms with Crippen molar-refractivity contribution in [3.63, 3.8) is 0 Å². The summed E-state index contributed by atoms with van der Waals surface area (Å²) in [6.45, 7) is 7.87. The first-order chi connectivity index (χ1) is 22.9. The molecule has 3 atom stereocenters. The first kappa shape index (κ1) is 37.5. The van der Waals surface area contributed by atoms with Crippen molar-refractivity contribution < 1.29 is 29.0 Å². The largest absolute Gasteiger partial charge is 0.489 e. The monoisotopic (exact) mass is 646 g/mol. The molecular formula is C39H54N2O6. The van der Waals surface area contributed by atoms with Crippen LogP contribution in [-0.4, -0.2) is 48.2 Å². The highest BCUT2D eigenvalue weighted by Gasteiger charge is 2.27. The van der Waals surface area contributed by atoms with Crippen LogP contribution in [0.2, 0.25) is 0 Å². The van der Waals surface area contributed by atoms with Gasteiger partial charge in [-0.1, -0.05) is 86.7 Å².